The van der Waals surface area contributed by atoms with E-state index >= 15 is 0 Å². The number of nitrogens with zero attached hydrogens (tertiary/aromatic N) is 3. The predicted octanol–water partition coefficient (Wildman–Crippen LogP) is 4.49. The number of hydrogen-bond donors (Lipinski definition) is 0. The number of carbonyl (C=O) groups excluding carboxylic acids is 1. The molecule has 3 rings (SSSR count). The third kappa shape index (κ3) is 4.72. The second-order valence-corrected chi connectivity index (χ2v) is 7.87. The molecule has 27 heavy (non-hydrogen) atoms. The van der Waals surface area contributed by atoms with E-state index in [-0.39, 0.29) is 11.6 Å². The van der Waals surface area contributed by atoms with Crippen molar-refractivity contribution in [3.63, 3.8) is 0 Å². The molecule has 10 heteroatoms. The lowest BCUT2D eigenvalue weighted by Crippen LogP contribution is -2.19. The first kappa shape index (κ1) is 19.1. The summed E-state index contributed by atoms with van der Waals surface area (Å²) in [4.78, 5) is 24.1. The lowest BCUT2D eigenvalue weighted by atomic mass is 10.3. The van der Waals surface area contributed by atoms with E-state index in [9.17, 15) is 14.9 Å². The molecule has 140 valence electrons. The van der Waals surface area contributed by atoms with Gasteiger partial charge in [0.2, 0.25) is 0 Å². The summed E-state index contributed by atoms with van der Waals surface area (Å²) in [6.45, 7) is 3.36. The van der Waals surface area contributed by atoms with Crippen LogP contribution in [0.1, 0.15) is 25.8 Å². The summed E-state index contributed by atoms with van der Waals surface area (Å²) in [5, 5.41) is 20.0. The number of rotatable bonds is 7. The smallest absolute Gasteiger partial charge is 0.319 e. The number of nitro groups is 1. The molecule has 3 aromatic rings. The van der Waals surface area contributed by atoms with Gasteiger partial charge in [-0.2, -0.15) is 0 Å². The Kier molecular flexibility index (Phi) is 5.87. The van der Waals surface area contributed by atoms with Crippen LogP contribution in [-0.4, -0.2) is 26.3 Å². The Balaban J connectivity index is 1.58. The summed E-state index contributed by atoms with van der Waals surface area (Å²) in [5.74, 6) is 0.164. The highest BCUT2D eigenvalue weighted by molar-refractivity contribution is 8.00. The van der Waals surface area contributed by atoms with E-state index in [0.717, 1.165) is 9.77 Å². The molecule has 0 fully saturated rings. The lowest BCUT2D eigenvalue weighted by Gasteiger charge is -2.14. The monoisotopic (exact) mass is 405 g/mol. The van der Waals surface area contributed by atoms with Crippen LogP contribution >= 0.6 is 23.1 Å². The molecule has 0 spiro atoms. The zero-order valence-electron chi connectivity index (χ0n) is 14.4. The van der Waals surface area contributed by atoms with Crippen LogP contribution in [0.4, 0.5) is 5.69 Å². The molecule has 1 aromatic carbocycles. The van der Waals surface area contributed by atoms with Crippen molar-refractivity contribution in [2.45, 2.75) is 30.1 Å². The maximum absolute atomic E-state index is 12.3. The van der Waals surface area contributed by atoms with E-state index in [2.05, 4.69) is 10.2 Å². The molecule has 0 saturated carbocycles. The Bertz CT molecular complexity index is 924. The van der Waals surface area contributed by atoms with Gasteiger partial charge in [-0.25, -0.2) is 0 Å². The van der Waals surface area contributed by atoms with Crippen molar-refractivity contribution in [2.75, 3.05) is 0 Å². The molecule has 0 amide bonds. The van der Waals surface area contributed by atoms with Crippen molar-refractivity contribution in [1.82, 2.24) is 10.2 Å². The van der Waals surface area contributed by atoms with Gasteiger partial charge in [0.15, 0.2) is 6.10 Å². The van der Waals surface area contributed by atoms with E-state index in [1.165, 1.54) is 35.2 Å². The van der Waals surface area contributed by atoms with Crippen LogP contribution in [0.5, 0.6) is 0 Å². The summed E-state index contributed by atoms with van der Waals surface area (Å²) in [7, 11) is 0. The molecular weight excluding hydrogens is 390 g/mol. The number of non-ortho nitro benzene ring substituents is 1. The highest BCUT2D eigenvalue weighted by atomic mass is 32.2. The number of thiophene rings is 1. The van der Waals surface area contributed by atoms with E-state index < -0.39 is 22.2 Å². The minimum absolute atomic E-state index is 0.00106. The minimum Gasteiger partial charge on any atom is -0.452 e. The molecule has 2 atom stereocenters. The van der Waals surface area contributed by atoms with E-state index in [1.54, 1.807) is 26.0 Å². The molecule has 2 aromatic heterocycles. The zero-order chi connectivity index (χ0) is 19.4. The molecule has 0 radical (unpaired) electrons. The third-order valence-corrected chi connectivity index (χ3v) is 5.45. The third-order valence-electron chi connectivity index (χ3n) is 3.51. The molecular formula is C17H15N3O5S2. The summed E-state index contributed by atoms with van der Waals surface area (Å²) in [5.41, 5.74) is 0.00106. The Morgan fingerprint density at radius 1 is 1.26 bits per heavy atom. The quantitative estimate of drug-likeness (QED) is 0.245. The number of benzene rings is 1. The highest BCUT2D eigenvalue weighted by Crippen LogP contribution is 2.29. The minimum atomic E-state index is -0.682. The maximum atomic E-state index is 12.3. The van der Waals surface area contributed by atoms with Crippen LogP contribution in [0.25, 0.3) is 10.8 Å². The van der Waals surface area contributed by atoms with Crippen molar-refractivity contribution in [1.29, 1.82) is 0 Å². The first-order valence-electron chi connectivity index (χ1n) is 7.93. The molecule has 0 aliphatic carbocycles. The lowest BCUT2D eigenvalue weighted by molar-refractivity contribution is -0.384. The molecule has 2 heterocycles. The summed E-state index contributed by atoms with van der Waals surface area (Å²) in [6.07, 6.45) is -0.682. The topological polar surface area (TPSA) is 108 Å². The second-order valence-electron chi connectivity index (χ2n) is 5.51. The number of hydrogen-bond acceptors (Lipinski definition) is 9. The highest BCUT2D eigenvalue weighted by Gasteiger charge is 2.23. The summed E-state index contributed by atoms with van der Waals surface area (Å²) < 4.78 is 11.0. The number of aromatic nitrogens is 2. The first-order chi connectivity index (χ1) is 12.9. The average molecular weight is 405 g/mol. The average Bonchev–Trinajstić information content (AvgIpc) is 3.33. The Morgan fingerprint density at radius 3 is 2.63 bits per heavy atom. The van der Waals surface area contributed by atoms with Crippen molar-refractivity contribution < 1.29 is 18.9 Å². The molecule has 0 saturated heterocycles. The van der Waals surface area contributed by atoms with Gasteiger partial charge in [0.1, 0.15) is 5.25 Å². The van der Waals surface area contributed by atoms with Crippen LogP contribution in [0.2, 0.25) is 0 Å². The SMILES string of the molecule is CC(Sc1ccc([N+](=O)[O-])cc1)C(=O)OC(C)c1nnc(-c2cccs2)o1. The van der Waals surface area contributed by atoms with Gasteiger partial charge in [0.25, 0.3) is 17.5 Å². The number of carbonyl (C=O) groups is 1. The number of nitro benzene ring substituents is 1. The second kappa shape index (κ2) is 8.31. The fourth-order valence-electron chi connectivity index (χ4n) is 2.12. The van der Waals surface area contributed by atoms with Gasteiger partial charge in [-0.3, -0.25) is 14.9 Å². The van der Waals surface area contributed by atoms with Crippen molar-refractivity contribution in [2.24, 2.45) is 0 Å². The van der Waals surface area contributed by atoms with Gasteiger partial charge in [-0.05, 0) is 37.4 Å². The van der Waals surface area contributed by atoms with Crippen molar-refractivity contribution >= 4 is 34.8 Å². The normalized spacial score (nSPS) is 13.1. The van der Waals surface area contributed by atoms with Crippen LogP contribution in [0.3, 0.4) is 0 Å². The van der Waals surface area contributed by atoms with Gasteiger partial charge in [-0.1, -0.05) is 6.07 Å². The molecule has 0 bridgehead atoms. The zero-order valence-corrected chi connectivity index (χ0v) is 16.0. The molecule has 0 aliphatic heterocycles. The summed E-state index contributed by atoms with van der Waals surface area (Å²) in [6, 6.07) is 9.73. The van der Waals surface area contributed by atoms with Crippen molar-refractivity contribution in [3.05, 3.63) is 57.8 Å². The van der Waals surface area contributed by atoms with Crippen LogP contribution in [0.15, 0.2) is 51.1 Å². The Hall–Kier alpha value is -2.72. The number of ether oxygens (including phenoxy) is 1. The van der Waals surface area contributed by atoms with Crippen LogP contribution in [-0.2, 0) is 9.53 Å². The van der Waals surface area contributed by atoms with Gasteiger partial charge >= 0.3 is 5.97 Å². The first-order valence-corrected chi connectivity index (χ1v) is 9.69. The van der Waals surface area contributed by atoms with E-state index in [0.29, 0.717) is 5.89 Å². The van der Waals surface area contributed by atoms with Gasteiger partial charge in [0.05, 0.1) is 9.80 Å². The van der Waals surface area contributed by atoms with Crippen molar-refractivity contribution in [3.8, 4) is 10.8 Å². The fourth-order valence-corrected chi connectivity index (χ4v) is 3.62. The van der Waals surface area contributed by atoms with Gasteiger partial charge < -0.3 is 9.15 Å². The molecule has 0 N–H and O–H groups in total. The van der Waals surface area contributed by atoms with Gasteiger partial charge in [0, 0.05) is 17.0 Å². The van der Waals surface area contributed by atoms with Gasteiger partial charge in [-0.15, -0.1) is 33.3 Å². The molecule has 0 aliphatic rings. The molecule has 8 nitrogen and oxygen atoms in total. The molecule has 2 unspecified atom stereocenters. The summed E-state index contributed by atoms with van der Waals surface area (Å²) >= 11 is 2.72. The van der Waals surface area contributed by atoms with E-state index in [1.807, 2.05) is 17.5 Å². The van der Waals surface area contributed by atoms with E-state index in [4.69, 9.17) is 9.15 Å². The Labute approximate surface area is 162 Å². The predicted molar refractivity (Wildman–Crippen MR) is 101 cm³/mol. The fraction of sp³-hybridized carbons (Fsp3) is 0.235. The Morgan fingerprint density at radius 2 is 2.00 bits per heavy atom. The number of esters is 1. The number of thioether (sulfide) groups is 1. The van der Waals surface area contributed by atoms with Crippen LogP contribution < -0.4 is 0 Å². The maximum Gasteiger partial charge on any atom is 0.319 e. The standard InChI is InChI=1S/C17H15N3O5S2/c1-10(15-18-19-16(25-15)14-4-3-9-26-14)24-17(21)11(2)27-13-7-5-12(6-8-13)20(22)23/h3-11H,1-2H3. The largest absolute Gasteiger partial charge is 0.452 e. The van der Waals surface area contributed by atoms with Crippen LogP contribution in [0, 0.1) is 10.1 Å².